The minimum absolute atomic E-state index is 0.0151. The number of hydrogen-bond acceptors (Lipinski definition) is 2. The van der Waals surface area contributed by atoms with Crippen LogP contribution in [0.25, 0.3) is 0 Å². The summed E-state index contributed by atoms with van der Waals surface area (Å²) in [5.41, 5.74) is 0. The van der Waals surface area contributed by atoms with Crippen molar-refractivity contribution in [1.29, 1.82) is 0 Å². The van der Waals surface area contributed by atoms with Crippen molar-refractivity contribution in [3.8, 4) is 0 Å². The fourth-order valence-corrected chi connectivity index (χ4v) is 3.13. The molecule has 0 aromatic heterocycles. The molecule has 1 aliphatic heterocycles. The van der Waals surface area contributed by atoms with Gasteiger partial charge in [0.1, 0.15) is 6.04 Å². The second-order valence-corrected chi connectivity index (χ2v) is 5.70. The number of carbonyl (C=O) groups is 2. The van der Waals surface area contributed by atoms with Gasteiger partial charge in [0.2, 0.25) is 11.8 Å². The smallest absolute Gasteiger partial charge is 0.242 e. The Balaban J connectivity index is 2.00. The number of piperazine rings is 1. The monoisotopic (exact) mass is 252 g/mol. The van der Waals surface area contributed by atoms with Gasteiger partial charge in [-0.05, 0) is 38.0 Å². The molecule has 1 N–H and O–H groups in total. The number of amides is 2. The van der Waals surface area contributed by atoms with Crippen LogP contribution in [0.5, 0.6) is 0 Å². The van der Waals surface area contributed by atoms with E-state index >= 15 is 0 Å². The van der Waals surface area contributed by atoms with E-state index in [0.717, 1.165) is 31.6 Å². The van der Waals surface area contributed by atoms with Gasteiger partial charge in [-0.15, -0.1) is 0 Å². The number of carbonyl (C=O) groups excluding carboxylic acids is 2. The minimum Gasteiger partial charge on any atom is -0.353 e. The van der Waals surface area contributed by atoms with Crippen LogP contribution in [0.2, 0.25) is 0 Å². The second-order valence-electron chi connectivity index (χ2n) is 5.70. The molecule has 18 heavy (non-hydrogen) atoms. The van der Waals surface area contributed by atoms with Gasteiger partial charge in [0.05, 0.1) is 0 Å². The van der Waals surface area contributed by atoms with Gasteiger partial charge in [0, 0.05) is 19.0 Å². The predicted octanol–water partition coefficient (Wildman–Crippen LogP) is 1.55. The molecule has 1 saturated carbocycles. The first-order chi connectivity index (χ1) is 8.63. The first-order valence-electron chi connectivity index (χ1n) is 7.21. The topological polar surface area (TPSA) is 49.4 Å². The predicted molar refractivity (Wildman–Crippen MR) is 69.9 cm³/mol. The molecule has 102 valence electrons. The summed E-state index contributed by atoms with van der Waals surface area (Å²) in [7, 11) is 0. The molecule has 1 unspecified atom stereocenters. The van der Waals surface area contributed by atoms with Crippen molar-refractivity contribution in [1.82, 2.24) is 10.2 Å². The molecule has 1 aliphatic carbocycles. The fourth-order valence-electron chi connectivity index (χ4n) is 3.13. The molecule has 2 aliphatic rings. The van der Waals surface area contributed by atoms with Gasteiger partial charge in [-0.3, -0.25) is 9.59 Å². The van der Waals surface area contributed by atoms with Crippen LogP contribution in [0, 0.1) is 11.8 Å². The lowest BCUT2D eigenvalue weighted by Gasteiger charge is -2.38. The Morgan fingerprint density at radius 1 is 1.33 bits per heavy atom. The van der Waals surface area contributed by atoms with Gasteiger partial charge in [-0.25, -0.2) is 0 Å². The van der Waals surface area contributed by atoms with E-state index in [9.17, 15) is 9.59 Å². The highest BCUT2D eigenvalue weighted by Crippen LogP contribution is 2.30. The summed E-state index contributed by atoms with van der Waals surface area (Å²) in [6.45, 7) is 5.50. The third kappa shape index (κ3) is 2.68. The van der Waals surface area contributed by atoms with Crippen molar-refractivity contribution in [2.45, 2.75) is 52.0 Å². The van der Waals surface area contributed by atoms with E-state index in [1.54, 1.807) is 0 Å². The Morgan fingerprint density at radius 2 is 2.00 bits per heavy atom. The highest BCUT2D eigenvalue weighted by atomic mass is 16.2. The molecule has 0 aromatic carbocycles. The third-order valence-corrected chi connectivity index (χ3v) is 4.37. The van der Waals surface area contributed by atoms with Crippen molar-refractivity contribution in [3.63, 3.8) is 0 Å². The van der Waals surface area contributed by atoms with Crippen LogP contribution in [0.3, 0.4) is 0 Å². The Labute approximate surface area is 109 Å². The molecule has 2 amide bonds. The SMILES string of the molecule is CCC1C(=O)NCCN1C(=O)C1CCC(C)CC1. The largest absolute Gasteiger partial charge is 0.353 e. The van der Waals surface area contributed by atoms with E-state index in [4.69, 9.17) is 0 Å². The van der Waals surface area contributed by atoms with Crippen molar-refractivity contribution >= 4 is 11.8 Å². The molecule has 0 radical (unpaired) electrons. The zero-order chi connectivity index (χ0) is 13.1. The van der Waals surface area contributed by atoms with Crippen molar-refractivity contribution in [2.24, 2.45) is 11.8 Å². The van der Waals surface area contributed by atoms with E-state index in [-0.39, 0.29) is 23.8 Å². The summed E-state index contributed by atoms with van der Waals surface area (Å²) < 4.78 is 0. The number of nitrogens with zero attached hydrogens (tertiary/aromatic N) is 1. The minimum atomic E-state index is -0.245. The maximum Gasteiger partial charge on any atom is 0.242 e. The Kier molecular flexibility index (Phi) is 4.25. The van der Waals surface area contributed by atoms with Crippen LogP contribution in [-0.4, -0.2) is 35.8 Å². The van der Waals surface area contributed by atoms with Crippen molar-refractivity contribution < 1.29 is 9.59 Å². The quantitative estimate of drug-likeness (QED) is 0.810. The molecule has 2 rings (SSSR count). The molecule has 1 atom stereocenters. The first kappa shape index (κ1) is 13.4. The van der Waals surface area contributed by atoms with E-state index in [0.29, 0.717) is 19.5 Å². The zero-order valence-corrected chi connectivity index (χ0v) is 11.4. The molecule has 4 nitrogen and oxygen atoms in total. The zero-order valence-electron chi connectivity index (χ0n) is 11.4. The lowest BCUT2D eigenvalue weighted by atomic mass is 9.82. The number of rotatable bonds is 2. The van der Waals surface area contributed by atoms with Gasteiger partial charge < -0.3 is 10.2 Å². The lowest BCUT2D eigenvalue weighted by Crippen LogP contribution is -2.58. The maximum atomic E-state index is 12.5. The van der Waals surface area contributed by atoms with Crippen LogP contribution in [-0.2, 0) is 9.59 Å². The lowest BCUT2D eigenvalue weighted by molar-refractivity contribution is -0.147. The van der Waals surface area contributed by atoms with Crippen LogP contribution < -0.4 is 5.32 Å². The van der Waals surface area contributed by atoms with Crippen molar-refractivity contribution in [2.75, 3.05) is 13.1 Å². The highest BCUT2D eigenvalue weighted by Gasteiger charge is 2.35. The second kappa shape index (κ2) is 5.72. The number of nitrogens with one attached hydrogen (secondary N) is 1. The summed E-state index contributed by atoms with van der Waals surface area (Å²) in [6.07, 6.45) is 4.99. The van der Waals surface area contributed by atoms with Crippen LogP contribution in [0.4, 0.5) is 0 Å². The van der Waals surface area contributed by atoms with E-state index in [1.165, 1.54) is 0 Å². The standard InChI is InChI=1S/C14H24N2O2/c1-3-12-13(17)15-8-9-16(12)14(18)11-6-4-10(2)5-7-11/h10-12H,3-9H2,1-2H3,(H,15,17). The van der Waals surface area contributed by atoms with Crippen LogP contribution in [0.15, 0.2) is 0 Å². The maximum absolute atomic E-state index is 12.5. The third-order valence-electron chi connectivity index (χ3n) is 4.37. The number of hydrogen-bond donors (Lipinski definition) is 1. The summed E-state index contributed by atoms with van der Waals surface area (Å²) >= 11 is 0. The molecule has 4 heteroatoms. The van der Waals surface area contributed by atoms with Gasteiger partial charge in [-0.1, -0.05) is 13.8 Å². The Morgan fingerprint density at radius 3 is 2.61 bits per heavy atom. The van der Waals surface area contributed by atoms with E-state index in [2.05, 4.69) is 12.2 Å². The first-order valence-corrected chi connectivity index (χ1v) is 7.21. The average Bonchev–Trinajstić information content (AvgIpc) is 2.38. The Hall–Kier alpha value is -1.06. The molecular formula is C14H24N2O2. The van der Waals surface area contributed by atoms with Crippen molar-refractivity contribution in [3.05, 3.63) is 0 Å². The molecule has 0 bridgehead atoms. The Bertz CT molecular complexity index is 322. The van der Waals surface area contributed by atoms with E-state index < -0.39 is 0 Å². The summed E-state index contributed by atoms with van der Waals surface area (Å²) in [6, 6.07) is -0.245. The molecule has 1 saturated heterocycles. The fraction of sp³-hybridized carbons (Fsp3) is 0.857. The summed E-state index contributed by atoms with van der Waals surface area (Å²) in [4.78, 5) is 26.1. The van der Waals surface area contributed by atoms with Gasteiger partial charge in [0.25, 0.3) is 0 Å². The molecule has 0 aromatic rings. The van der Waals surface area contributed by atoms with E-state index in [1.807, 2.05) is 11.8 Å². The average molecular weight is 252 g/mol. The molecule has 2 fully saturated rings. The highest BCUT2D eigenvalue weighted by molar-refractivity contribution is 5.89. The van der Waals surface area contributed by atoms with Crippen LogP contribution in [0.1, 0.15) is 46.0 Å². The van der Waals surface area contributed by atoms with Gasteiger partial charge in [0.15, 0.2) is 0 Å². The summed E-state index contributed by atoms with van der Waals surface area (Å²) in [5.74, 6) is 1.13. The summed E-state index contributed by atoms with van der Waals surface area (Å²) in [5, 5.41) is 2.85. The molecule has 0 spiro atoms. The molecular weight excluding hydrogens is 228 g/mol. The van der Waals surface area contributed by atoms with Crippen LogP contribution >= 0.6 is 0 Å². The van der Waals surface area contributed by atoms with Gasteiger partial charge >= 0.3 is 0 Å². The van der Waals surface area contributed by atoms with Gasteiger partial charge in [-0.2, -0.15) is 0 Å². The normalized spacial score (nSPS) is 33.1. The molecule has 1 heterocycles.